The number of nitrogens with two attached hydrogens (primary N) is 4. The fraction of sp³-hybridized carbons (Fsp3) is 0. The molecule has 0 aliphatic rings. The van der Waals surface area contributed by atoms with Crippen molar-refractivity contribution in [1.82, 2.24) is 0 Å². The molecular weight excluding hydrogens is 212 g/mol. The summed E-state index contributed by atoms with van der Waals surface area (Å²) in [6.45, 7) is 0. The highest BCUT2D eigenvalue weighted by molar-refractivity contribution is 6.08. The molecule has 0 aliphatic carbocycles. The van der Waals surface area contributed by atoms with Crippen LogP contribution in [-0.4, -0.2) is 0 Å². The second-order valence-corrected chi connectivity index (χ2v) is 3.31. The van der Waals surface area contributed by atoms with Gasteiger partial charge in [-0.05, 0) is 0 Å². The molecule has 2 rings (SSSR count). The van der Waals surface area contributed by atoms with Gasteiger partial charge in [0.25, 0.3) is 6.20 Å². The molecule has 8 N–H and O–H groups in total. The van der Waals surface area contributed by atoms with Crippen molar-refractivity contribution < 1.29 is 9.69 Å². The predicted octanol–water partition coefficient (Wildman–Crippen LogP) is -1.56. The van der Waals surface area contributed by atoms with Gasteiger partial charge >= 0.3 is 5.52 Å². The van der Waals surface area contributed by atoms with E-state index in [1.165, 1.54) is 6.07 Å². The number of fused-ring (bicyclic) bond motifs is 1. The summed E-state index contributed by atoms with van der Waals surface area (Å²) >= 11 is 0. The minimum absolute atomic E-state index is 0.000741. The molecule has 2 aromatic rings. The highest BCUT2D eigenvalue weighted by atomic mass is 16.6. The second kappa shape index (κ2) is 2.92. The summed E-state index contributed by atoms with van der Waals surface area (Å²) in [6.07, 6.45) is 1.01. The first-order valence-corrected chi connectivity index (χ1v) is 4.32. The van der Waals surface area contributed by atoms with Gasteiger partial charge in [0.05, 0.1) is 32.1 Å². The molecule has 1 aromatic heterocycles. The Kier molecular flexibility index (Phi) is 1.81. The maximum Gasteiger partial charge on any atom is 0.322 e. The number of benzene rings is 1. The minimum atomic E-state index is -0.0818. The summed E-state index contributed by atoms with van der Waals surface area (Å²) < 4.78 is 0. The number of rotatable bonds is 0. The van der Waals surface area contributed by atoms with Gasteiger partial charge in [0.1, 0.15) is 5.69 Å². The van der Waals surface area contributed by atoms with E-state index < -0.39 is 0 Å². The van der Waals surface area contributed by atoms with Gasteiger partial charge < -0.3 is 33.3 Å². The molecule has 0 saturated carbocycles. The molecule has 0 fully saturated rings. The van der Waals surface area contributed by atoms with Crippen LogP contribution in [0.15, 0.2) is 12.3 Å². The molecule has 0 bridgehead atoms. The zero-order valence-electron chi connectivity index (χ0n) is 8.18. The van der Waals surface area contributed by atoms with Gasteiger partial charge in [0.2, 0.25) is 0 Å². The highest BCUT2D eigenvalue weighted by Gasteiger charge is 2.22. The summed E-state index contributed by atoms with van der Waals surface area (Å²) in [6, 6.07) is 1.36. The standard InChI is InChI=1S/C8H10N6O2/c9-4-3-1-2-13(15)14(16)8(3)7(12)6(11)5(4)10/h1-2H,9-12H2. The highest BCUT2D eigenvalue weighted by Crippen LogP contribution is 2.35. The Morgan fingerprint density at radius 2 is 1.44 bits per heavy atom. The van der Waals surface area contributed by atoms with E-state index in [0.29, 0.717) is 5.39 Å². The van der Waals surface area contributed by atoms with Crippen LogP contribution in [0.3, 0.4) is 0 Å². The van der Waals surface area contributed by atoms with Crippen LogP contribution >= 0.6 is 0 Å². The van der Waals surface area contributed by atoms with E-state index in [9.17, 15) is 10.4 Å². The average Bonchev–Trinajstić information content (AvgIpc) is 2.27. The van der Waals surface area contributed by atoms with E-state index in [2.05, 4.69) is 0 Å². The number of nitrogens with zero attached hydrogens (tertiary/aromatic N) is 2. The molecule has 84 valence electrons. The van der Waals surface area contributed by atoms with Crippen molar-refractivity contribution in [3.05, 3.63) is 22.7 Å². The second-order valence-electron chi connectivity index (χ2n) is 3.31. The fourth-order valence-corrected chi connectivity index (χ4v) is 1.51. The maximum absolute atomic E-state index is 11.5. The van der Waals surface area contributed by atoms with Gasteiger partial charge in [-0.15, -0.1) is 0 Å². The monoisotopic (exact) mass is 222 g/mol. The molecule has 16 heavy (non-hydrogen) atoms. The van der Waals surface area contributed by atoms with Crippen LogP contribution in [0.25, 0.3) is 10.9 Å². The molecule has 8 nitrogen and oxygen atoms in total. The van der Waals surface area contributed by atoms with Crippen molar-refractivity contribution in [2.24, 2.45) is 0 Å². The lowest BCUT2D eigenvalue weighted by Gasteiger charge is -2.10. The zero-order valence-corrected chi connectivity index (χ0v) is 8.18. The largest absolute Gasteiger partial charge is 0.561 e. The Labute approximate surface area is 89.8 Å². The molecule has 0 radical (unpaired) electrons. The van der Waals surface area contributed by atoms with Gasteiger partial charge in [-0.25, -0.2) is 0 Å². The van der Waals surface area contributed by atoms with Crippen molar-refractivity contribution in [1.29, 1.82) is 0 Å². The Hall–Kier alpha value is -2.64. The van der Waals surface area contributed by atoms with Crippen molar-refractivity contribution in [2.45, 2.75) is 0 Å². The van der Waals surface area contributed by atoms with E-state index >= 15 is 0 Å². The van der Waals surface area contributed by atoms with Crippen molar-refractivity contribution in [2.75, 3.05) is 22.9 Å². The first-order valence-electron chi connectivity index (χ1n) is 4.32. The van der Waals surface area contributed by atoms with Crippen LogP contribution in [0.5, 0.6) is 0 Å². The van der Waals surface area contributed by atoms with Crippen molar-refractivity contribution >= 4 is 33.7 Å². The lowest BCUT2D eigenvalue weighted by molar-refractivity contribution is -1.18. The third kappa shape index (κ3) is 1.03. The van der Waals surface area contributed by atoms with Crippen LogP contribution in [0.1, 0.15) is 0 Å². The van der Waals surface area contributed by atoms with E-state index in [1.54, 1.807) is 0 Å². The topological polar surface area (TPSA) is 158 Å². The smallest absolute Gasteiger partial charge is 0.322 e. The summed E-state index contributed by atoms with van der Waals surface area (Å²) in [4.78, 5) is 0.143. The van der Waals surface area contributed by atoms with Gasteiger partial charge in [-0.2, -0.15) is 0 Å². The normalized spacial score (nSPS) is 10.8. The molecule has 0 aliphatic heterocycles. The predicted molar refractivity (Wildman–Crippen MR) is 59.5 cm³/mol. The molecule has 1 aromatic carbocycles. The van der Waals surface area contributed by atoms with E-state index in [1.807, 2.05) is 0 Å². The SMILES string of the molecule is Nc1c(N)c(N)c2c(cc[n+]([O-])[n+]2[O-])c1N. The number of anilines is 4. The molecule has 0 spiro atoms. The van der Waals surface area contributed by atoms with Crippen LogP contribution in [0.2, 0.25) is 0 Å². The summed E-state index contributed by atoms with van der Waals surface area (Å²) in [7, 11) is 0. The van der Waals surface area contributed by atoms with E-state index in [0.717, 1.165) is 6.20 Å². The van der Waals surface area contributed by atoms with Gasteiger partial charge in [0, 0.05) is 6.07 Å². The average molecular weight is 222 g/mol. The number of hydrogen-bond donors (Lipinski definition) is 4. The zero-order chi connectivity index (χ0) is 12.0. The molecule has 8 heteroatoms. The Morgan fingerprint density at radius 1 is 0.875 bits per heavy atom. The number of nitrogen functional groups attached to an aromatic ring is 4. The maximum atomic E-state index is 11.5. The number of hydrogen-bond acceptors (Lipinski definition) is 6. The first kappa shape index (κ1) is 9.90. The van der Waals surface area contributed by atoms with Crippen LogP contribution in [-0.2, 0) is 0 Å². The van der Waals surface area contributed by atoms with Crippen LogP contribution < -0.4 is 32.6 Å². The van der Waals surface area contributed by atoms with Crippen LogP contribution in [0, 0.1) is 10.4 Å². The Bertz CT molecular complexity index is 597. The van der Waals surface area contributed by atoms with Crippen LogP contribution in [0.4, 0.5) is 22.7 Å². The van der Waals surface area contributed by atoms with Gasteiger partial charge in [-0.3, -0.25) is 0 Å². The molecule has 1 heterocycles. The lowest BCUT2D eigenvalue weighted by Crippen LogP contribution is -2.60. The fourth-order valence-electron chi connectivity index (χ4n) is 1.51. The Balaban J connectivity index is 3.09. The van der Waals surface area contributed by atoms with Crippen molar-refractivity contribution in [3.63, 3.8) is 0 Å². The minimum Gasteiger partial charge on any atom is -0.561 e. The third-order valence-corrected chi connectivity index (χ3v) is 2.41. The third-order valence-electron chi connectivity index (χ3n) is 2.41. The first-order chi connectivity index (χ1) is 7.45. The molecule has 0 amide bonds. The molecular formula is C8H10N6O2. The van der Waals surface area contributed by atoms with E-state index in [4.69, 9.17) is 22.9 Å². The Morgan fingerprint density at radius 3 is 2.06 bits per heavy atom. The summed E-state index contributed by atoms with van der Waals surface area (Å²) in [5.41, 5.74) is 22.6. The van der Waals surface area contributed by atoms with E-state index in [-0.39, 0.29) is 38.0 Å². The lowest BCUT2D eigenvalue weighted by atomic mass is 10.1. The molecule has 0 saturated heterocycles. The summed E-state index contributed by atoms with van der Waals surface area (Å²) in [5, 5.41) is 22.9. The summed E-state index contributed by atoms with van der Waals surface area (Å²) in [5.74, 6) is 0. The van der Waals surface area contributed by atoms with Crippen molar-refractivity contribution in [3.8, 4) is 0 Å². The van der Waals surface area contributed by atoms with Gasteiger partial charge in [0.15, 0.2) is 0 Å². The molecule has 0 atom stereocenters. The number of aromatic nitrogens is 2. The molecule has 0 unspecified atom stereocenters. The quantitative estimate of drug-likeness (QED) is 0.239. The van der Waals surface area contributed by atoms with Gasteiger partial charge in [-0.1, -0.05) is 0 Å².